The van der Waals surface area contributed by atoms with Crippen LogP contribution in [0.15, 0.2) is 146 Å². The second-order valence-corrected chi connectivity index (χ2v) is 12.2. The number of aliphatic hydroxyl groups is 1. The summed E-state index contributed by atoms with van der Waals surface area (Å²) in [6.45, 7) is 1.43. The average molecular weight is 661 g/mol. The highest BCUT2D eigenvalue weighted by Gasteiger charge is 2.54. The fourth-order valence-corrected chi connectivity index (χ4v) is 6.07. The molecule has 0 aliphatic heterocycles. The Kier molecular flexibility index (Phi) is 12.6. The van der Waals surface area contributed by atoms with Crippen LogP contribution in [0.4, 0.5) is 0 Å². The molecule has 254 valence electrons. The molecule has 7 heteroatoms. The zero-order chi connectivity index (χ0) is 33.7. The van der Waals surface area contributed by atoms with Crippen molar-refractivity contribution in [3.05, 3.63) is 173 Å². The van der Waals surface area contributed by atoms with E-state index in [0.29, 0.717) is 13.2 Å². The summed E-state index contributed by atoms with van der Waals surface area (Å²) in [6.07, 6.45) is -4.73. The fraction of sp³-hybridized carbons (Fsp3) is 0.286. The lowest BCUT2D eigenvalue weighted by molar-refractivity contribution is -0.283. The highest BCUT2D eigenvalue weighted by Crippen LogP contribution is 2.35. The molecule has 1 fully saturated rings. The van der Waals surface area contributed by atoms with Gasteiger partial charge in [-0.25, -0.2) is 0 Å². The minimum absolute atomic E-state index is 0.263. The molecule has 0 unspecified atom stereocenters. The third kappa shape index (κ3) is 9.64. The quantitative estimate of drug-likeness (QED) is 0.119. The van der Waals surface area contributed by atoms with Crippen molar-refractivity contribution in [2.75, 3.05) is 7.11 Å². The lowest BCUT2D eigenvalue weighted by Gasteiger charge is -2.48. The fourth-order valence-electron chi connectivity index (χ4n) is 6.07. The van der Waals surface area contributed by atoms with Gasteiger partial charge in [0.1, 0.15) is 42.4 Å². The van der Waals surface area contributed by atoms with Gasteiger partial charge in [-0.1, -0.05) is 133 Å². The highest BCUT2D eigenvalue weighted by molar-refractivity contribution is 5.27. The maximum absolute atomic E-state index is 12.2. The molecule has 0 amide bonds. The van der Waals surface area contributed by atoms with E-state index in [9.17, 15) is 5.11 Å². The average Bonchev–Trinajstić information content (AvgIpc) is 3.16. The second-order valence-electron chi connectivity index (χ2n) is 12.2. The zero-order valence-electron chi connectivity index (χ0n) is 27.8. The van der Waals surface area contributed by atoms with Crippen LogP contribution in [0, 0.1) is 0 Å². The van der Waals surface area contributed by atoms with Gasteiger partial charge < -0.3 is 33.5 Å². The maximum Gasteiger partial charge on any atom is 0.118 e. The SMILES string of the molecule is COc1ccc(CO[C@@H]2[C@H](OCc3ccccc3)[C@H](OCc3ccccc3)[C@@H](OCc3ccccc3)[C@H](O)[C@H]2OCc2ccccc2)cc1. The number of hydrogen-bond donors (Lipinski definition) is 1. The summed E-state index contributed by atoms with van der Waals surface area (Å²) < 4.78 is 38.7. The van der Waals surface area contributed by atoms with Crippen molar-refractivity contribution < 1.29 is 33.5 Å². The van der Waals surface area contributed by atoms with Gasteiger partial charge >= 0.3 is 0 Å². The number of benzene rings is 5. The van der Waals surface area contributed by atoms with Crippen molar-refractivity contribution in [3.8, 4) is 5.75 Å². The van der Waals surface area contributed by atoms with E-state index in [1.54, 1.807) is 7.11 Å². The van der Waals surface area contributed by atoms with Gasteiger partial charge in [0, 0.05) is 0 Å². The van der Waals surface area contributed by atoms with Gasteiger partial charge in [0.25, 0.3) is 0 Å². The first-order valence-corrected chi connectivity index (χ1v) is 16.7. The molecule has 5 aromatic rings. The summed E-state index contributed by atoms with van der Waals surface area (Å²) in [4.78, 5) is 0. The Bertz CT molecular complexity index is 1640. The molecule has 1 aliphatic carbocycles. The molecule has 1 N–H and O–H groups in total. The van der Waals surface area contributed by atoms with Crippen molar-refractivity contribution in [2.45, 2.75) is 69.7 Å². The monoisotopic (exact) mass is 660 g/mol. The highest BCUT2D eigenvalue weighted by atomic mass is 16.6. The van der Waals surface area contributed by atoms with E-state index in [2.05, 4.69) is 0 Å². The summed E-state index contributed by atoms with van der Waals surface area (Å²) in [5.74, 6) is 0.762. The molecule has 6 rings (SSSR count). The van der Waals surface area contributed by atoms with Crippen molar-refractivity contribution in [1.29, 1.82) is 0 Å². The topological polar surface area (TPSA) is 75.6 Å². The Balaban J connectivity index is 1.35. The summed E-state index contributed by atoms with van der Waals surface area (Å²) in [5.41, 5.74) is 4.92. The molecule has 1 saturated carbocycles. The number of methoxy groups -OCH3 is 1. The number of ether oxygens (including phenoxy) is 6. The molecule has 0 bridgehead atoms. The first-order chi connectivity index (χ1) is 24.2. The van der Waals surface area contributed by atoms with E-state index < -0.39 is 36.6 Å². The minimum atomic E-state index is -1.09. The van der Waals surface area contributed by atoms with Crippen LogP contribution >= 0.6 is 0 Å². The molecule has 0 spiro atoms. The van der Waals surface area contributed by atoms with Gasteiger partial charge in [-0.05, 0) is 39.9 Å². The molecule has 7 nitrogen and oxygen atoms in total. The van der Waals surface area contributed by atoms with Crippen LogP contribution < -0.4 is 4.74 Å². The first-order valence-electron chi connectivity index (χ1n) is 16.7. The Morgan fingerprint density at radius 2 is 0.633 bits per heavy atom. The maximum atomic E-state index is 12.2. The van der Waals surface area contributed by atoms with Gasteiger partial charge in [-0.2, -0.15) is 0 Å². The first kappa shape index (κ1) is 34.5. The van der Waals surface area contributed by atoms with Crippen LogP contribution in [-0.2, 0) is 56.7 Å². The number of aliphatic hydroxyl groups excluding tert-OH is 1. The Labute approximate surface area is 289 Å². The molecular weight excluding hydrogens is 616 g/mol. The predicted molar refractivity (Wildman–Crippen MR) is 188 cm³/mol. The van der Waals surface area contributed by atoms with Gasteiger partial charge in [-0.15, -0.1) is 0 Å². The normalized spacial score (nSPS) is 22.1. The largest absolute Gasteiger partial charge is 0.497 e. The Hall–Kier alpha value is -4.34. The molecule has 0 radical (unpaired) electrons. The third-order valence-electron chi connectivity index (χ3n) is 8.71. The molecule has 0 aromatic heterocycles. The smallest absolute Gasteiger partial charge is 0.118 e. The van der Waals surface area contributed by atoms with E-state index in [1.165, 1.54) is 0 Å². The molecule has 1 aliphatic rings. The number of rotatable bonds is 16. The minimum Gasteiger partial charge on any atom is -0.497 e. The van der Waals surface area contributed by atoms with Crippen LogP contribution in [-0.4, -0.2) is 48.8 Å². The van der Waals surface area contributed by atoms with Crippen LogP contribution in [0.2, 0.25) is 0 Å². The summed E-state index contributed by atoms with van der Waals surface area (Å²) >= 11 is 0. The number of hydrogen-bond acceptors (Lipinski definition) is 7. The lowest BCUT2D eigenvalue weighted by Crippen LogP contribution is -2.66. The second kappa shape index (κ2) is 17.9. The van der Waals surface area contributed by atoms with Crippen molar-refractivity contribution in [3.63, 3.8) is 0 Å². The predicted octanol–water partition coefficient (Wildman–Crippen LogP) is 7.30. The molecular formula is C42H44O7. The van der Waals surface area contributed by atoms with Crippen LogP contribution in [0.1, 0.15) is 27.8 Å². The van der Waals surface area contributed by atoms with Gasteiger partial charge in [-0.3, -0.25) is 0 Å². The summed E-state index contributed by atoms with van der Waals surface area (Å²) in [7, 11) is 1.64. The van der Waals surface area contributed by atoms with E-state index in [4.69, 9.17) is 28.4 Å². The van der Waals surface area contributed by atoms with E-state index >= 15 is 0 Å². The molecule has 49 heavy (non-hydrogen) atoms. The van der Waals surface area contributed by atoms with Gasteiger partial charge in [0.2, 0.25) is 0 Å². The van der Waals surface area contributed by atoms with Crippen molar-refractivity contribution in [2.24, 2.45) is 0 Å². The van der Waals surface area contributed by atoms with Crippen LogP contribution in [0.3, 0.4) is 0 Å². The molecule has 5 aromatic carbocycles. The van der Waals surface area contributed by atoms with Gasteiger partial charge in [0.05, 0.1) is 40.1 Å². The van der Waals surface area contributed by atoms with E-state index in [1.807, 2.05) is 146 Å². The van der Waals surface area contributed by atoms with Gasteiger partial charge in [0.15, 0.2) is 0 Å². The standard InChI is InChI=1S/C42H44O7/c1-44-36-24-22-35(23-25-36)30-48-41-39(46-27-32-16-8-3-9-17-32)37(43)38(45-26-31-14-6-2-7-15-31)40(47-28-33-18-10-4-11-19-33)42(41)49-29-34-20-12-5-13-21-34/h2-25,37-43H,26-30H2,1H3/t37-,38-,39+,40+,41-,42+/m0/s1. The van der Waals surface area contributed by atoms with Crippen LogP contribution in [0.5, 0.6) is 5.75 Å². The zero-order valence-corrected chi connectivity index (χ0v) is 27.8. The van der Waals surface area contributed by atoms with Crippen LogP contribution in [0.25, 0.3) is 0 Å². The van der Waals surface area contributed by atoms with E-state index in [0.717, 1.165) is 33.6 Å². The van der Waals surface area contributed by atoms with E-state index in [-0.39, 0.29) is 19.8 Å². The molecule has 6 atom stereocenters. The Morgan fingerprint density at radius 1 is 0.367 bits per heavy atom. The summed E-state index contributed by atoms with van der Waals surface area (Å²) in [6, 6.07) is 47.5. The van der Waals surface area contributed by atoms with Crippen molar-refractivity contribution in [1.82, 2.24) is 0 Å². The Morgan fingerprint density at radius 3 is 0.939 bits per heavy atom. The summed E-state index contributed by atoms with van der Waals surface area (Å²) in [5, 5.41) is 12.2. The molecule has 0 heterocycles. The molecule has 0 saturated heterocycles. The van der Waals surface area contributed by atoms with Crippen molar-refractivity contribution >= 4 is 0 Å². The lowest BCUT2D eigenvalue weighted by atomic mass is 9.83. The third-order valence-corrected chi connectivity index (χ3v) is 8.71.